The maximum atomic E-state index is 13.5. The van der Waals surface area contributed by atoms with Crippen LogP contribution in [0.4, 0.5) is 11.4 Å². The van der Waals surface area contributed by atoms with Crippen molar-refractivity contribution in [1.82, 2.24) is 4.90 Å². The number of carbonyl (C=O) groups is 4. The van der Waals surface area contributed by atoms with Crippen molar-refractivity contribution in [2.75, 3.05) is 16.8 Å². The number of ether oxygens (including phenoxy) is 1. The summed E-state index contributed by atoms with van der Waals surface area (Å²) in [5, 5.41) is 2.65. The third-order valence-corrected chi connectivity index (χ3v) is 6.00. The van der Waals surface area contributed by atoms with Crippen LogP contribution < -0.4 is 15.0 Å². The molecule has 1 aliphatic rings. The van der Waals surface area contributed by atoms with E-state index in [0.717, 1.165) is 10.5 Å². The van der Waals surface area contributed by atoms with E-state index < -0.39 is 29.8 Å². The Bertz CT molecular complexity index is 1250. The maximum absolute atomic E-state index is 13.5. The molecule has 184 valence electrons. The molecular weight excluding hydrogens is 458 g/mol. The van der Waals surface area contributed by atoms with Gasteiger partial charge in [-0.15, -0.1) is 0 Å². The highest BCUT2D eigenvalue weighted by Gasteiger charge is 2.46. The van der Waals surface area contributed by atoms with Crippen LogP contribution in [0.3, 0.4) is 0 Å². The van der Waals surface area contributed by atoms with E-state index in [-0.39, 0.29) is 18.9 Å². The summed E-state index contributed by atoms with van der Waals surface area (Å²) in [6, 6.07) is 23.3. The number of anilines is 2. The number of amides is 4. The van der Waals surface area contributed by atoms with Gasteiger partial charge in [0.05, 0.1) is 18.2 Å². The van der Waals surface area contributed by atoms with E-state index in [0.29, 0.717) is 17.1 Å². The average Bonchev–Trinajstić information content (AvgIpc) is 3.17. The Hall–Kier alpha value is -4.46. The maximum Gasteiger partial charge on any atom is 0.261 e. The first kappa shape index (κ1) is 24.7. The Kier molecular flexibility index (Phi) is 7.44. The van der Waals surface area contributed by atoms with E-state index in [1.807, 2.05) is 43.3 Å². The molecule has 0 radical (unpaired) electrons. The fourth-order valence-corrected chi connectivity index (χ4v) is 4.29. The molecule has 3 aromatic carbocycles. The van der Waals surface area contributed by atoms with Crippen molar-refractivity contribution in [3.05, 3.63) is 90.5 Å². The molecular formula is C28H27N3O5. The second-order valence-electron chi connectivity index (χ2n) is 8.50. The van der Waals surface area contributed by atoms with Crippen LogP contribution in [-0.4, -0.2) is 41.2 Å². The molecule has 0 bridgehead atoms. The SMILES string of the molecule is CC(=O)Nc1ccc(N2C(=O)CC(N(C(=O)COc3ccccc3)C(C)c3ccccc3)C2=O)cc1. The molecule has 36 heavy (non-hydrogen) atoms. The molecule has 8 nitrogen and oxygen atoms in total. The summed E-state index contributed by atoms with van der Waals surface area (Å²) in [4.78, 5) is 53.8. The van der Waals surface area contributed by atoms with Gasteiger partial charge in [-0.1, -0.05) is 48.5 Å². The summed E-state index contributed by atoms with van der Waals surface area (Å²) in [6.45, 7) is 2.95. The Morgan fingerprint density at radius 3 is 2.19 bits per heavy atom. The molecule has 0 aliphatic carbocycles. The molecule has 1 heterocycles. The molecule has 1 fully saturated rings. The number of nitrogens with zero attached hydrogens (tertiary/aromatic N) is 2. The van der Waals surface area contributed by atoms with Gasteiger partial charge in [0.1, 0.15) is 11.8 Å². The van der Waals surface area contributed by atoms with Crippen LogP contribution in [0.1, 0.15) is 31.9 Å². The van der Waals surface area contributed by atoms with Gasteiger partial charge in [0.15, 0.2) is 6.61 Å². The highest BCUT2D eigenvalue weighted by atomic mass is 16.5. The second-order valence-corrected chi connectivity index (χ2v) is 8.50. The third-order valence-electron chi connectivity index (χ3n) is 6.00. The quantitative estimate of drug-likeness (QED) is 0.488. The minimum Gasteiger partial charge on any atom is -0.484 e. The number of carbonyl (C=O) groups excluding carboxylic acids is 4. The number of hydrogen-bond donors (Lipinski definition) is 1. The van der Waals surface area contributed by atoms with Gasteiger partial charge in [-0.25, -0.2) is 4.90 Å². The number of benzene rings is 3. The Morgan fingerprint density at radius 2 is 1.58 bits per heavy atom. The molecule has 1 N–H and O–H groups in total. The Morgan fingerprint density at radius 1 is 0.972 bits per heavy atom. The number of imide groups is 1. The van der Waals surface area contributed by atoms with Crippen LogP contribution in [-0.2, 0) is 19.2 Å². The molecule has 2 atom stereocenters. The van der Waals surface area contributed by atoms with Crippen molar-refractivity contribution in [2.24, 2.45) is 0 Å². The van der Waals surface area contributed by atoms with Gasteiger partial charge in [-0.05, 0) is 48.9 Å². The van der Waals surface area contributed by atoms with Crippen molar-refractivity contribution in [3.8, 4) is 5.75 Å². The minimum atomic E-state index is -0.977. The molecule has 0 saturated carbocycles. The predicted molar refractivity (Wildman–Crippen MR) is 135 cm³/mol. The first-order chi connectivity index (χ1) is 17.3. The summed E-state index contributed by atoms with van der Waals surface area (Å²) in [7, 11) is 0. The molecule has 4 amide bonds. The first-order valence-electron chi connectivity index (χ1n) is 11.6. The molecule has 0 spiro atoms. The second kappa shape index (κ2) is 10.9. The molecule has 0 aromatic heterocycles. The average molecular weight is 486 g/mol. The highest BCUT2D eigenvalue weighted by Crippen LogP contribution is 2.32. The van der Waals surface area contributed by atoms with E-state index in [9.17, 15) is 19.2 Å². The van der Waals surface area contributed by atoms with Crippen molar-refractivity contribution in [3.63, 3.8) is 0 Å². The number of nitrogens with one attached hydrogen (secondary N) is 1. The van der Waals surface area contributed by atoms with E-state index in [1.54, 1.807) is 48.5 Å². The fourth-order valence-electron chi connectivity index (χ4n) is 4.29. The summed E-state index contributed by atoms with van der Waals surface area (Å²) in [6.07, 6.45) is -0.138. The molecule has 1 aliphatic heterocycles. The largest absolute Gasteiger partial charge is 0.484 e. The normalized spacial score (nSPS) is 15.9. The molecule has 1 saturated heterocycles. The van der Waals surface area contributed by atoms with Crippen LogP contribution in [0.5, 0.6) is 5.75 Å². The fraction of sp³-hybridized carbons (Fsp3) is 0.214. The van der Waals surface area contributed by atoms with Crippen LogP contribution in [0.2, 0.25) is 0 Å². The molecule has 4 rings (SSSR count). The van der Waals surface area contributed by atoms with Gasteiger partial charge in [0.2, 0.25) is 11.8 Å². The number of rotatable bonds is 8. The third kappa shape index (κ3) is 5.43. The number of para-hydroxylation sites is 1. The van der Waals surface area contributed by atoms with E-state index in [4.69, 9.17) is 4.74 Å². The summed E-state index contributed by atoms with van der Waals surface area (Å²) >= 11 is 0. The van der Waals surface area contributed by atoms with Gasteiger partial charge in [-0.2, -0.15) is 0 Å². The van der Waals surface area contributed by atoms with E-state index in [2.05, 4.69) is 5.32 Å². The van der Waals surface area contributed by atoms with Gasteiger partial charge in [0, 0.05) is 12.6 Å². The smallest absolute Gasteiger partial charge is 0.261 e. The van der Waals surface area contributed by atoms with E-state index >= 15 is 0 Å². The van der Waals surface area contributed by atoms with Gasteiger partial charge < -0.3 is 15.0 Å². The summed E-state index contributed by atoms with van der Waals surface area (Å²) in [5.41, 5.74) is 1.76. The van der Waals surface area contributed by atoms with Crippen LogP contribution in [0.25, 0.3) is 0 Å². The lowest BCUT2D eigenvalue weighted by molar-refractivity contribution is -0.142. The van der Waals surface area contributed by atoms with Crippen LogP contribution in [0.15, 0.2) is 84.9 Å². The van der Waals surface area contributed by atoms with Gasteiger partial charge in [-0.3, -0.25) is 19.2 Å². The Labute approximate surface area is 209 Å². The molecule has 8 heteroatoms. The topological polar surface area (TPSA) is 96.0 Å². The van der Waals surface area contributed by atoms with Gasteiger partial charge in [0.25, 0.3) is 11.8 Å². The molecule has 2 unspecified atom stereocenters. The number of hydrogen-bond acceptors (Lipinski definition) is 5. The predicted octanol–water partition coefficient (Wildman–Crippen LogP) is 3.95. The van der Waals surface area contributed by atoms with Gasteiger partial charge >= 0.3 is 0 Å². The zero-order chi connectivity index (χ0) is 25.7. The summed E-state index contributed by atoms with van der Waals surface area (Å²) in [5.74, 6) is -0.975. The lowest BCUT2D eigenvalue weighted by Gasteiger charge is -2.33. The standard InChI is InChI=1S/C28H27N3O5/c1-19(21-9-5-3-6-10-21)30(27(34)18-36-24-11-7-4-8-12-24)25-17-26(33)31(28(25)35)23-15-13-22(14-16-23)29-20(2)32/h3-16,19,25H,17-18H2,1-2H3,(H,29,32). The van der Waals surface area contributed by atoms with Crippen molar-refractivity contribution >= 4 is 35.0 Å². The first-order valence-corrected chi connectivity index (χ1v) is 11.6. The monoisotopic (exact) mass is 485 g/mol. The molecule has 3 aromatic rings. The Balaban J connectivity index is 1.59. The van der Waals surface area contributed by atoms with Crippen molar-refractivity contribution < 1.29 is 23.9 Å². The zero-order valence-corrected chi connectivity index (χ0v) is 20.1. The van der Waals surface area contributed by atoms with Crippen molar-refractivity contribution in [1.29, 1.82) is 0 Å². The lowest BCUT2D eigenvalue weighted by atomic mass is 10.0. The summed E-state index contributed by atoms with van der Waals surface area (Å²) < 4.78 is 5.68. The van der Waals surface area contributed by atoms with E-state index in [1.165, 1.54) is 11.8 Å². The zero-order valence-electron chi connectivity index (χ0n) is 20.1. The lowest BCUT2D eigenvalue weighted by Crippen LogP contribution is -2.48. The van der Waals surface area contributed by atoms with Crippen molar-refractivity contribution in [2.45, 2.75) is 32.4 Å². The van der Waals surface area contributed by atoms with Crippen LogP contribution in [0, 0.1) is 0 Å². The van der Waals surface area contributed by atoms with Crippen LogP contribution >= 0.6 is 0 Å². The highest BCUT2D eigenvalue weighted by molar-refractivity contribution is 6.23. The minimum absolute atomic E-state index is 0.138.